The molecule has 1 saturated heterocycles. The van der Waals surface area contributed by atoms with Crippen LogP contribution >= 0.6 is 0 Å². The number of nitrogens with zero attached hydrogens (tertiary/aromatic N) is 1. The number of likely N-dealkylation sites (N-methyl/N-ethyl adjacent to an activating group) is 2. The van der Waals surface area contributed by atoms with Crippen LogP contribution in [0.15, 0.2) is 0 Å². The van der Waals surface area contributed by atoms with Crippen molar-refractivity contribution in [3.05, 3.63) is 0 Å². The Morgan fingerprint density at radius 2 is 1.90 bits per heavy atom. The van der Waals surface area contributed by atoms with E-state index in [1.807, 2.05) is 0 Å². The molecule has 1 heterocycles. The minimum absolute atomic E-state index is 0.285. The molecule has 3 rings (SSSR count). The predicted octanol–water partition coefficient (Wildman–Crippen LogP) is 2.38. The molecule has 1 aliphatic heterocycles. The van der Waals surface area contributed by atoms with E-state index in [2.05, 4.69) is 31.2 Å². The van der Waals surface area contributed by atoms with Crippen molar-refractivity contribution in [3.8, 4) is 0 Å². The largest absolute Gasteiger partial charge is 0.347 e. The summed E-state index contributed by atoms with van der Waals surface area (Å²) in [4.78, 5) is 2.64. The van der Waals surface area contributed by atoms with Crippen LogP contribution in [0.2, 0.25) is 0 Å². The minimum atomic E-state index is -0.285. The lowest BCUT2D eigenvalue weighted by Gasteiger charge is -2.48. The quantitative estimate of drug-likeness (QED) is 0.867. The molecule has 4 nitrogen and oxygen atoms in total. The van der Waals surface area contributed by atoms with E-state index in [-0.39, 0.29) is 5.79 Å². The van der Waals surface area contributed by atoms with Gasteiger partial charge in [0.05, 0.1) is 13.2 Å². The van der Waals surface area contributed by atoms with Crippen LogP contribution in [-0.4, -0.2) is 56.1 Å². The van der Waals surface area contributed by atoms with E-state index in [9.17, 15) is 0 Å². The summed E-state index contributed by atoms with van der Waals surface area (Å²) in [6, 6.07) is 1.81. The fourth-order valence-electron chi connectivity index (χ4n) is 4.70. The predicted molar refractivity (Wildman–Crippen MR) is 84.3 cm³/mol. The third-order valence-corrected chi connectivity index (χ3v) is 6.01. The summed E-state index contributed by atoms with van der Waals surface area (Å²) < 4.78 is 12.0. The molecule has 0 bridgehead atoms. The molecular formula is C17H32N2O2. The van der Waals surface area contributed by atoms with Gasteiger partial charge in [0, 0.05) is 31.0 Å². The molecule has 4 heteroatoms. The number of hydrogen-bond donors (Lipinski definition) is 1. The number of rotatable bonds is 3. The summed E-state index contributed by atoms with van der Waals surface area (Å²) in [5, 5.41) is 3.54. The fraction of sp³-hybridized carbons (Fsp3) is 1.00. The Morgan fingerprint density at radius 1 is 1.14 bits per heavy atom. The van der Waals surface area contributed by atoms with Gasteiger partial charge in [-0.2, -0.15) is 0 Å². The first-order chi connectivity index (χ1) is 10.1. The highest BCUT2D eigenvalue weighted by molar-refractivity contribution is 4.97. The maximum Gasteiger partial charge on any atom is 0.170 e. The van der Waals surface area contributed by atoms with Crippen LogP contribution in [0.5, 0.6) is 0 Å². The van der Waals surface area contributed by atoms with Crippen LogP contribution in [0, 0.1) is 5.92 Å². The van der Waals surface area contributed by atoms with E-state index in [1.54, 1.807) is 0 Å². The van der Waals surface area contributed by atoms with Gasteiger partial charge in [0.2, 0.25) is 0 Å². The molecule has 4 atom stereocenters. The van der Waals surface area contributed by atoms with Crippen molar-refractivity contribution >= 4 is 0 Å². The zero-order valence-corrected chi connectivity index (χ0v) is 13.9. The van der Waals surface area contributed by atoms with E-state index < -0.39 is 0 Å². The maximum absolute atomic E-state index is 5.99. The van der Waals surface area contributed by atoms with Crippen LogP contribution in [-0.2, 0) is 9.47 Å². The van der Waals surface area contributed by atoms with Crippen molar-refractivity contribution in [2.24, 2.45) is 5.92 Å². The first kappa shape index (κ1) is 15.7. The molecule has 4 unspecified atom stereocenters. The summed E-state index contributed by atoms with van der Waals surface area (Å²) in [5.74, 6) is 0.586. The van der Waals surface area contributed by atoms with Gasteiger partial charge in [-0.3, -0.25) is 4.90 Å². The second-order valence-electron chi connectivity index (χ2n) is 7.40. The van der Waals surface area contributed by atoms with Crippen LogP contribution in [0.4, 0.5) is 0 Å². The van der Waals surface area contributed by atoms with Crippen molar-refractivity contribution in [1.29, 1.82) is 0 Å². The van der Waals surface area contributed by atoms with Crippen molar-refractivity contribution in [3.63, 3.8) is 0 Å². The molecule has 2 aliphatic carbocycles. The molecule has 2 saturated carbocycles. The van der Waals surface area contributed by atoms with Crippen molar-refractivity contribution in [2.75, 3.05) is 27.3 Å². The topological polar surface area (TPSA) is 33.7 Å². The molecule has 0 aromatic rings. The van der Waals surface area contributed by atoms with Crippen LogP contribution < -0.4 is 5.32 Å². The van der Waals surface area contributed by atoms with Gasteiger partial charge in [0.1, 0.15) is 0 Å². The highest BCUT2D eigenvalue weighted by atomic mass is 16.7. The molecule has 0 aromatic heterocycles. The highest BCUT2D eigenvalue weighted by Crippen LogP contribution is 2.39. The van der Waals surface area contributed by atoms with Gasteiger partial charge in [-0.05, 0) is 39.3 Å². The Hall–Kier alpha value is -0.160. The molecular weight excluding hydrogens is 264 g/mol. The lowest BCUT2D eigenvalue weighted by molar-refractivity contribution is -0.194. The first-order valence-corrected chi connectivity index (χ1v) is 8.81. The van der Waals surface area contributed by atoms with Crippen molar-refractivity contribution < 1.29 is 9.47 Å². The van der Waals surface area contributed by atoms with Gasteiger partial charge < -0.3 is 14.8 Å². The zero-order valence-electron chi connectivity index (χ0n) is 13.9. The zero-order chi connectivity index (χ0) is 14.9. The molecule has 3 aliphatic rings. The third-order valence-electron chi connectivity index (χ3n) is 6.01. The molecule has 122 valence electrons. The SMILES string of the molecule is CNC1CCC2(CC1N(C)C1CCCC(C)C1)OCCO2. The Bertz CT molecular complexity index is 344. The number of ether oxygens (including phenoxy) is 2. The summed E-state index contributed by atoms with van der Waals surface area (Å²) in [6.45, 7) is 3.93. The van der Waals surface area contributed by atoms with Crippen LogP contribution in [0.1, 0.15) is 51.9 Å². The monoisotopic (exact) mass is 296 g/mol. The van der Waals surface area contributed by atoms with E-state index in [1.165, 1.54) is 25.7 Å². The standard InChI is InChI=1S/C17H32N2O2/c1-13-5-4-6-14(11-13)19(3)16-12-17(20-9-10-21-17)8-7-15(16)18-2/h13-16,18H,4-12H2,1-3H3. The number of hydrogen-bond acceptors (Lipinski definition) is 4. The molecule has 1 N–H and O–H groups in total. The Labute approximate surface area is 129 Å². The Balaban J connectivity index is 1.69. The normalized spacial score (nSPS) is 40.0. The minimum Gasteiger partial charge on any atom is -0.347 e. The smallest absolute Gasteiger partial charge is 0.170 e. The lowest BCUT2D eigenvalue weighted by atomic mass is 9.81. The summed E-state index contributed by atoms with van der Waals surface area (Å²) >= 11 is 0. The van der Waals surface area contributed by atoms with Gasteiger partial charge in [-0.15, -0.1) is 0 Å². The third kappa shape index (κ3) is 3.29. The Kier molecular flexibility index (Phi) is 4.89. The molecule has 0 amide bonds. The van der Waals surface area contributed by atoms with E-state index in [0.717, 1.165) is 44.4 Å². The van der Waals surface area contributed by atoms with Crippen molar-refractivity contribution in [2.45, 2.75) is 75.8 Å². The second-order valence-corrected chi connectivity index (χ2v) is 7.40. The van der Waals surface area contributed by atoms with Crippen molar-refractivity contribution in [1.82, 2.24) is 10.2 Å². The van der Waals surface area contributed by atoms with Gasteiger partial charge in [-0.25, -0.2) is 0 Å². The van der Waals surface area contributed by atoms with E-state index in [4.69, 9.17) is 9.47 Å². The molecule has 3 fully saturated rings. The van der Waals surface area contributed by atoms with Crippen LogP contribution in [0.25, 0.3) is 0 Å². The summed E-state index contributed by atoms with van der Waals surface area (Å²) in [6.07, 6.45) is 8.67. The molecule has 21 heavy (non-hydrogen) atoms. The van der Waals surface area contributed by atoms with Gasteiger partial charge in [0.15, 0.2) is 5.79 Å². The molecule has 0 radical (unpaired) electrons. The maximum atomic E-state index is 5.99. The average molecular weight is 296 g/mol. The highest BCUT2D eigenvalue weighted by Gasteiger charge is 2.47. The van der Waals surface area contributed by atoms with E-state index in [0.29, 0.717) is 12.1 Å². The lowest BCUT2D eigenvalue weighted by Crippen LogP contribution is -2.58. The number of nitrogens with one attached hydrogen (secondary N) is 1. The first-order valence-electron chi connectivity index (χ1n) is 8.81. The molecule has 1 spiro atoms. The average Bonchev–Trinajstić information content (AvgIpc) is 2.94. The summed E-state index contributed by atoms with van der Waals surface area (Å²) in [7, 11) is 4.43. The van der Waals surface area contributed by atoms with E-state index >= 15 is 0 Å². The fourth-order valence-corrected chi connectivity index (χ4v) is 4.70. The summed E-state index contributed by atoms with van der Waals surface area (Å²) in [5.41, 5.74) is 0. The van der Waals surface area contributed by atoms with Crippen LogP contribution in [0.3, 0.4) is 0 Å². The van der Waals surface area contributed by atoms with Gasteiger partial charge >= 0.3 is 0 Å². The van der Waals surface area contributed by atoms with Gasteiger partial charge in [0.25, 0.3) is 0 Å². The molecule has 0 aromatic carbocycles. The van der Waals surface area contributed by atoms with Gasteiger partial charge in [-0.1, -0.05) is 19.8 Å². The Morgan fingerprint density at radius 3 is 2.57 bits per heavy atom. The second kappa shape index (κ2) is 6.53.